The number of pyridine rings is 1. The quantitative estimate of drug-likeness (QED) is 0.295. The zero-order valence-corrected chi connectivity index (χ0v) is 19.5. The van der Waals surface area contributed by atoms with Crippen molar-refractivity contribution in [2.75, 3.05) is 5.32 Å². The van der Waals surface area contributed by atoms with Crippen LogP contribution in [0, 0.1) is 0 Å². The van der Waals surface area contributed by atoms with Crippen molar-refractivity contribution in [3.05, 3.63) is 125 Å². The van der Waals surface area contributed by atoms with Crippen LogP contribution in [0.3, 0.4) is 0 Å². The van der Waals surface area contributed by atoms with Crippen LogP contribution in [0.4, 0.5) is 5.69 Å². The van der Waals surface area contributed by atoms with Crippen molar-refractivity contribution in [2.45, 2.75) is 0 Å². The molecule has 0 saturated carbocycles. The largest absolute Gasteiger partial charge is 0.456 e. The fourth-order valence-electron chi connectivity index (χ4n) is 3.03. The third kappa shape index (κ3) is 6.17. The summed E-state index contributed by atoms with van der Waals surface area (Å²) in [7, 11) is 0. The Morgan fingerprint density at radius 1 is 0.853 bits per heavy atom. The summed E-state index contributed by atoms with van der Waals surface area (Å²) in [6, 6.07) is 26.9. The first-order chi connectivity index (χ1) is 16.6. The number of carbonyl (C=O) groups excluding carboxylic acids is 2. The van der Waals surface area contributed by atoms with Crippen molar-refractivity contribution in [2.24, 2.45) is 0 Å². The van der Waals surface area contributed by atoms with E-state index in [-0.39, 0.29) is 11.6 Å². The van der Waals surface area contributed by atoms with Gasteiger partial charge in [-0.1, -0.05) is 42.5 Å². The molecule has 0 aliphatic carbocycles. The van der Waals surface area contributed by atoms with Crippen molar-refractivity contribution < 1.29 is 14.3 Å². The van der Waals surface area contributed by atoms with E-state index in [0.717, 1.165) is 4.47 Å². The normalized spacial score (nSPS) is 10.9. The number of benzene rings is 3. The lowest BCUT2D eigenvalue weighted by atomic mass is 10.1. The Balaban J connectivity index is 1.56. The number of anilines is 1. The molecule has 168 valence electrons. The van der Waals surface area contributed by atoms with Gasteiger partial charge in [-0.2, -0.15) is 0 Å². The second-order valence-corrected chi connectivity index (χ2v) is 8.03. The lowest BCUT2D eigenvalue weighted by Crippen LogP contribution is -2.30. The summed E-state index contributed by atoms with van der Waals surface area (Å²) < 4.78 is 6.74. The van der Waals surface area contributed by atoms with Gasteiger partial charge in [0.25, 0.3) is 11.8 Å². The van der Waals surface area contributed by atoms with Gasteiger partial charge in [0.05, 0.1) is 16.4 Å². The third-order valence-corrected chi connectivity index (χ3v) is 5.36. The maximum absolute atomic E-state index is 13.0. The van der Waals surface area contributed by atoms with Gasteiger partial charge < -0.3 is 15.4 Å². The SMILES string of the molecule is O=C(Nc1cccnc1)/C(=C/c1ccc(Oc2ccccc2Br)cc1)NC(=O)c1ccccc1. The fourth-order valence-corrected chi connectivity index (χ4v) is 3.40. The maximum Gasteiger partial charge on any atom is 0.272 e. The van der Waals surface area contributed by atoms with Gasteiger partial charge in [-0.3, -0.25) is 14.6 Å². The van der Waals surface area contributed by atoms with Crippen LogP contribution in [0.5, 0.6) is 11.5 Å². The summed E-state index contributed by atoms with van der Waals surface area (Å²) in [5, 5.41) is 5.47. The number of hydrogen-bond donors (Lipinski definition) is 2. The highest BCUT2D eigenvalue weighted by atomic mass is 79.9. The monoisotopic (exact) mass is 513 g/mol. The first-order valence-electron chi connectivity index (χ1n) is 10.4. The summed E-state index contributed by atoms with van der Waals surface area (Å²) in [6.07, 6.45) is 4.75. The van der Waals surface area contributed by atoms with Gasteiger partial charge in [0.2, 0.25) is 0 Å². The maximum atomic E-state index is 13.0. The van der Waals surface area contributed by atoms with Crippen LogP contribution in [0.25, 0.3) is 6.08 Å². The summed E-state index contributed by atoms with van der Waals surface area (Å²) in [6.45, 7) is 0. The van der Waals surface area contributed by atoms with Gasteiger partial charge in [-0.05, 0) is 76.1 Å². The molecule has 1 aromatic heterocycles. The molecule has 2 amide bonds. The average molecular weight is 514 g/mol. The van der Waals surface area contributed by atoms with Crippen LogP contribution in [0.1, 0.15) is 15.9 Å². The minimum Gasteiger partial charge on any atom is -0.456 e. The van der Waals surface area contributed by atoms with E-state index in [0.29, 0.717) is 28.3 Å². The van der Waals surface area contributed by atoms with Crippen LogP contribution in [0.2, 0.25) is 0 Å². The van der Waals surface area contributed by atoms with E-state index in [4.69, 9.17) is 4.74 Å². The molecule has 0 saturated heterocycles. The first-order valence-corrected chi connectivity index (χ1v) is 11.2. The number of halogens is 1. The second kappa shape index (κ2) is 11.1. The number of para-hydroxylation sites is 1. The molecule has 0 bridgehead atoms. The standard InChI is InChI=1S/C27H20BrN3O3/c28-23-10-4-5-11-25(23)34-22-14-12-19(13-15-22)17-24(27(33)30-21-9-6-16-29-18-21)31-26(32)20-7-2-1-3-8-20/h1-18H,(H,30,33)(H,31,32)/b24-17-. The van der Waals surface area contributed by atoms with Gasteiger partial charge in [0, 0.05) is 11.8 Å². The van der Waals surface area contributed by atoms with E-state index >= 15 is 0 Å². The molecule has 4 rings (SSSR count). The van der Waals surface area contributed by atoms with E-state index in [1.807, 2.05) is 30.3 Å². The Morgan fingerprint density at radius 2 is 1.59 bits per heavy atom. The number of nitrogens with one attached hydrogen (secondary N) is 2. The Bertz CT molecular complexity index is 1310. The summed E-state index contributed by atoms with van der Waals surface area (Å²) in [5.41, 5.74) is 1.77. The summed E-state index contributed by atoms with van der Waals surface area (Å²) in [4.78, 5) is 29.7. The van der Waals surface area contributed by atoms with Crippen molar-refractivity contribution in [3.8, 4) is 11.5 Å². The Labute approximate surface area is 205 Å². The molecule has 0 aliphatic heterocycles. The van der Waals surface area contributed by atoms with Crippen molar-refractivity contribution in [1.82, 2.24) is 10.3 Å². The lowest BCUT2D eigenvalue weighted by Gasteiger charge is -2.12. The molecule has 0 aliphatic rings. The van der Waals surface area contributed by atoms with E-state index < -0.39 is 5.91 Å². The zero-order chi connectivity index (χ0) is 23.8. The molecular formula is C27H20BrN3O3. The van der Waals surface area contributed by atoms with Crippen LogP contribution in [0.15, 0.2) is 114 Å². The molecule has 0 fully saturated rings. The van der Waals surface area contributed by atoms with Crippen LogP contribution >= 0.6 is 15.9 Å². The van der Waals surface area contributed by atoms with Gasteiger partial charge in [-0.25, -0.2) is 0 Å². The molecule has 1 heterocycles. The number of nitrogens with zero attached hydrogens (tertiary/aromatic N) is 1. The van der Waals surface area contributed by atoms with Crippen LogP contribution in [-0.2, 0) is 4.79 Å². The molecule has 6 nitrogen and oxygen atoms in total. The van der Waals surface area contributed by atoms with Gasteiger partial charge in [0.1, 0.15) is 17.2 Å². The molecule has 0 spiro atoms. The minimum atomic E-state index is -0.467. The molecule has 4 aromatic rings. The topological polar surface area (TPSA) is 80.3 Å². The smallest absolute Gasteiger partial charge is 0.272 e. The number of ether oxygens (including phenoxy) is 1. The zero-order valence-electron chi connectivity index (χ0n) is 17.9. The van der Waals surface area contributed by atoms with E-state index in [2.05, 4.69) is 31.5 Å². The Morgan fingerprint density at radius 3 is 2.29 bits per heavy atom. The summed E-state index contributed by atoms with van der Waals surface area (Å²) >= 11 is 3.46. The number of hydrogen-bond acceptors (Lipinski definition) is 4. The third-order valence-electron chi connectivity index (χ3n) is 4.70. The van der Waals surface area contributed by atoms with E-state index in [1.165, 1.54) is 6.20 Å². The highest BCUT2D eigenvalue weighted by Crippen LogP contribution is 2.29. The van der Waals surface area contributed by atoms with Crippen molar-refractivity contribution >= 4 is 39.5 Å². The number of carbonyl (C=O) groups is 2. The van der Waals surface area contributed by atoms with E-state index in [1.54, 1.807) is 72.9 Å². The predicted molar refractivity (Wildman–Crippen MR) is 135 cm³/mol. The van der Waals surface area contributed by atoms with Crippen LogP contribution < -0.4 is 15.4 Å². The molecule has 0 atom stereocenters. The van der Waals surface area contributed by atoms with Crippen molar-refractivity contribution in [3.63, 3.8) is 0 Å². The van der Waals surface area contributed by atoms with Gasteiger partial charge in [0.15, 0.2) is 0 Å². The predicted octanol–water partition coefficient (Wildman–Crippen LogP) is 6.05. The number of rotatable bonds is 7. The molecule has 3 aromatic carbocycles. The number of amides is 2. The molecular weight excluding hydrogens is 494 g/mol. The molecule has 0 unspecified atom stereocenters. The molecule has 7 heteroatoms. The highest BCUT2D eigenvalue weighted by molar-refractivity contribution is 9.10. The second-order valence-electron chi connectivity index (χ2n) is 7.18. The van der Waals surface area contributed by atoms with Crippen molar-refractivity contribution in [1.29, 1.82) is 0 Å². The van der Waals surface area contributed by atoms with Crippen LogP contribution in [-0.4, -0.2) is 16.8 Å². The van der Waals surface area contributed by atoms with Gasteiger partial charge in [-0.15, -0.1) is 0 Å². The molecule has 34 heavy (non-hydrogen) atoms. The average Bonchev–Trinajstić information content (AvgIpc) is 2.87. The lowest BCUT2D eigenvalue weighted by molar-refractivity contribution is -0.113. The Kier molecular flexibility index (Phi) is 7.47. The highest BCUT2D eigenvalue weighted by Gasteiger charge is 2.15. The number of aromatic nitrogens is 1. The minimum absolute atomic E-state index is 0.0946. The van der Waals surface area contributed by atoms with Gasteiger partial charge >= 0.3 is 0 Å². The summed E-state index contributed by atoms with van der Waals surface area (Å²) in [5.74, 6) is 0.476. The molecule has 2 N–H and O–H groups in total. The Hall–Kier alpha value is -4.23. The van der Waals surface area contributed by atoms with E-state index in [9.17, 15) is 9.59 Å². The molecule has 0 radical (unpaired) electrons. The first kappa shape index (κ1) is 22.9. The fraction of sp³-hybridized carbons (Fsp3) is 0.